The number of nitrogens with one attached hydrogen (secondary N) is 1. The van der Waals surface area contributed by atoms with Crippen molar-refractivity contribution in [1.29, 1.82) is 0 Å². The maximum Gasteiger partial charge on any atom is 0.224 e. The summed E-state index contributed by atoms with van der Waals surface area (Å²) in [7, 11) is 0. The number of aromatic nitrogens is 1. The minimum atomic E-state index is 0. The summed E-state index contributed by atoms with van der Waals surface area (Å²) < 4.78 is 0. The number of hydrogen-bond donors (Lipinski definition) is 2. The molecule has 0 radical (unpaired) electrons. The SMILES string of the molecule is Cl.Cl.NC1CCCCC1CC(=O)Nc1cccnc1. The predicted octanol–water partition coefficient (Wildman–Crippen LogP) is 2.77. The molecule has 0 aliphatic heterocycles. The van der Waals surface area contributed by atoms with Gasteiger partial charge >= 0.3 is 0 Å². The molecule has 6 heteroatoms. The van der Waals surface area contributed by atoms with Gasteiger partial charge in [0.25, 0.3) is 0 Å². The highest BCUT2D eigenvalue weighted by Crippen LogP contribution is 2.25. The van der Waals surface area contributed by atoms with Crippen LogP contribution in [0.15, 0.2) is 24.5 Å². The maximum atomic E-state index is 11.8. The lowest BCUT2D eigenvalue weighted by Crippen LogP contribution is -2.35. The van der Waals surface area contributed by atoms with Crippen molar-refractivity contribution in [2.75, 3.05) is 5.32 Å². The molecule has 3 N–H and O–H groups in total. The van der Waals surface area contributed by atoms with Crippen LogP contribution in [0.25, 0.3) is 0 Å². The van der Waals surface area contributed by atoms with Crippen molar-refractivity contribution < 1.29 is 4.79 Å². The van der Waals surface area contributed by atoms with E-state index < -0.39 is 0 Å². The number of carbonyl (C=O) groups is 1. The van der Waals surface area contributed by atoms with E-state index in [0.717, 1.165) is 18.5 Å². The quantitative estimate of drug-likeness (QED) is 0.902. The number of nitrogens with zero attached hydrogens (tertiary/aromatic N) is 1. The summed E-state index contributed by atoms with van der Waals surface area (Å²) in [6, 6.07) is 3.83. The number of carbonyl (C=O) groups excluding carboxylic acids is 1. The number of anilines is 1. The van der Waals surface area contributed by atoms with Crippen molar-refractivity contribution in [1.82, 2.24) is 4.98 Å². The molecule has 2 atom stereocenters. The second-order valence-electron chi connectivity index (χ2n) is 4.70. The standard InChI is InChI=1S/C13H19N3O.2ClH/c14-12-6-2-1-4-10(12)8-13(17)16-11-5-3-7-15-9-11;;/h3,5,7,9-10,12H,1-2,4,6,8,14H2,(H,16,17);2*1H. The van der Waals surface area contributed by atoms with Gasteiger partial charge in [-0.25, -0.2) is 0 Å². The highest BCUT2D eigenvalue weighted by Gasteiger charge is 2.24. The number of amides is 1. The molecule has 1 aromatic rings. The van der Waals surface area contributed by atoms with Crippen LogP contribution in [0.4, 0.5) is 5.69 Å². The molecule has 2 rings (SSSR count). The first-order valence-corrected chi connectivity index (χ1v) is 6.21. The molecular formula is C13H21Cl2N3O. The van der Waals surface area contributed by atoms with Crippen LogP contribution >= 0.6 is 24.8 Å². The summed E-state index contributed by atoms with van der Waals surface area (Å²) in [5, 5.41) is 2.85. The molecule has 1 saturated carbocycles. The molecule has 1 heterocycles. The molecule has 1 aromatic heterocycles. The summed E-state index contributed by atoms with van der Waals surface area (Å²) in [5.74, 6) is 0.376. The van der Waals surface area contributed by atoms with Gasteiger partial charge in [0.2, 0.25) is 5.91 Å². The number of pyridine rings is 1. The van der Waals surface area contributed by atoms with Gasteiger partial charge in [-0.1, -0.05) is 12.8 Å². The van der Waals surface area contributed by atoms with E-state index in [-0.39, 0.29) is 36.8 Å². The predicted molar refractivity (Wildman–Crippen MR) is 81.9 cm³/mol. The summed E-state index contributed by atoms with van der Waals surface area (Å²) in [4.78, 5) is 15.8. The molecule has 0 aromatic carbocycles. The Hall–Kier alpha value is -0.840. The molecular weight excluding hydrogens is 285 g/mol. The zero-order valence-electron chi connectivity index (χ0n) is 10.7. The second kappa shape index (κ2) is 9.13. The van der Waals surface area contributed by atoms with Crippen molar-refractivity contribution in [3.05, 3.63) is 24.5 Å². The lowest BCUT2D eigenvalue weighted by Gasteiger charge is -2.27. The molecule has 4 nitrogen and oxygen atoms in total. The summed E-state index contributed by atoms with van der Waals surface area (Å²) in [6.07, 6.45) is 8.37. The third-order valence-corrected chi connectivity index (χ3v) is 3.36. The minimum absolute atomic E-state index is 0. The van der Waals surface area contributed by atoms with Crippen LogP contribution in [0.1, 0.15) is 32.1 Å². The third kappa shape index (κ3) is 5.76. The molecule has 19 heavy (non-hydrogen) atoms. The van der Waals surface area contributed by atoms with Gasteiger partial charge in [-0.2, -0.15) is 0 Å². The zero-order valence-corrected chi connectivity index (χ0v) is 12.4. The first kappa shape index (κ1) is 18.2. The summed E-state index contributed by atoms with van der Waals surface area (Å²) in [6.45, 7) is 0. The van der Waals surface area contributed by atoms with Crippen LogP contribution in [0.3, 0.4) is 0 Å². The van der Waals surface area contributed by atoms with Crippen LogP contribution < -0.4 is 11.1 Å². The lowest BCUT2D eigenvalue weighted by atomic mass is 9.83. The molecule has 2 unspecified atom stereocenters. The van der Waals surface area contributed by atoms with Crippen molar-refractivity contribution in [2.45, 2.75) is 38.1 Å². The van der Waals surface area contributed by atoms with E-state index in [1.165, 1.54) is 12.8 Å². The average Bonchev–Trinajstić information content (AvgIpc) is 2.33. The number of hydrogen-bond acceptors (Lipinski definition) is 3. The van der Waals surface area contributed by atoms with Crippen molar-refractivity contribution in [3.8, 4) is 0 Å². The van der Waals surface area contributed by atoms with Gasteiger partial charge in [0.1, 0.15) is 0 Å². The van der Waals surface area contributed by atoms with E-state index in [0.29, 0.717) is 12.3 Å². The van der Waals surface area contributed by atoms with Gasteiger partial charge in [0.05, 0.1) is 11.9 Å². The number of nitrogens with two attached hydrogens (primary N) is 1. The van der Waals surface area contributed by atoms with E-state index in [1.54, 1.807) is 12.4 Å². The van der Waals surface area contributed by atoms with E-state index >= 15 is 0 Å². The molecule has 1 aliphatic rings. The number of halogens is 2. The van der Waals surface area contributed by atoms with Gasteiger partial charge in [0.15, 0.2) is 0 Å². The van der Waals surface area contributed by atoms with E-state index in [4.69, 9.17) is 5.73 Å². The van der Waals surface area contributed by atoms with Crippen LogP contribution in [-0.4, -0.2) is 16.9 Å². The third-order valence-electron chi connectivity index (χ3n) is 3.36. The molecule has 1 amide bonds. The van der Waals surface area contributed by atoms with Crippen molar-refractivity contribution >= 4 is 36.4 Å². The highest BCUT2D eigenvalue weighted by atomic mass is 35.5. The Labute approximate surface area is 126 Å². The molecule has 0 bridgehead atoms. The number of rotatable bonds is 3. The lowest BCUT2D eigenvalue weighted by molar-refractivity contribution is -0.117. The normalized spacial score (nSPS) is 21.7. The van der Waals surface area contributed by atoms with Gasteiger partial charge in [-0.05, 0) is 30.9 Å². The monoisotopic (exact) mass is 305 g/mol. The molecule has 0 spiro atoms. The average molecular weight is 306 g/mol. The van der Waals surface area contributed by atoms with Crippen molar-refractivity contribution in [3.63, 3.8) is 0 Å². The zero-order chi connectivity index (χ0) is 12.1. The summed E-state index contributed by atoms with van der Waals surface area (Å²) in [5.41, 5.74) is 6.78. The van der Waals surface area contributed by atoms with Gasteiger partial charge in [-0.15, -0.1) is 24.8 Å². The molecule has 0 saturated heterocycles. The molecule has 108 valence electrons. The van der Waals surface area contributed by atoms with E-state index in [9.17, 15) is 4.79 Å². The molecule has 1 aliphatic carbocycles. The van der Waals surface area contributed by atoms with E-state index in [2.05, 4.69) is 10.3 Å². The fourth-order valence-corrected chi connectivity index (χ4v) is 2.38. The Morgan fingerprint density at radius 3 is 2.74 bits per heavy atom. The first-order valence-electron chi connectivity index (χ1n) is 6.21. The minimum Gasteiger partial charge on any atom is -0.327 e. The molecule has 1 fully saturated rings. The Morgan fingerprint density at radius 1 is 1.37 bits per heavy atom. The summed E-state index contributed by atoms with van der Waals surface area (Å²) >= 11 is 0. The van der Waals surface area contributed by atoms with Crippen LogP contribution in [0.5, 0.6) is 0 Å². The Bertz CT molecular complexity index is 375. The van der Waals surface area contributed by atoms with Crippen LogP contribution in [0, 0.1) is 5.92 Å². The Morgan fingerprint density at radius 2 is 2.11 bits per heavy atom. The first-order chi connectivity index (χ1) is 8.25. The van der Waals surface area contributed by atoms with Crippen LogP contribution in [0.2, 0.25) is 0 Å². The fraction of sp³-hybridized carbons (Fsp3) is 0.538. The smallest absolute Gasteiger partial charge is 0.224 e. The Balaban J connectivity index is 0.00000162. The largest absolute Gasteiger partial charge is 0.327 e. The fourth-order valence-electron chi connectivity index (χ4n) is 2.38. The van der Waals surface area contributed by atoms with Crippen molar-refractivity contribution in [2.24, 2.45) is 11.7 Å². The van der Waals surface area contributed by atoms with Crippen LogP contribution in [-0.2, 0) is 4.79 Å². The second-order valence-corrected chi connectivity index (χ2v) is 4.70. The topological polar surface area (TPSA) is 68.0 Å². The van der Waals surface area contributed by atoms with Gasteiger partial charge < -0.3 is 11.1 Å². The maximum absolute atomic E-state index is 11.8. The highest BCUT2D eigenvalue weighted by molar-refractivity contribution is 5.90. The van der Waals surface area contributed by atoms with Gasteiger partial charge in [-0.3, -0.25) is 9.78 Å². The van der Waals surface area contributed by atoms with Gasteiger partial charge in [0, 0.05) is 18.7 Å². The van der Waals surface area contributed by atoms with E-state index in [1.807, 2.05) is 12.1 Å². The Kier molecular flexibility index (Phi) is 8.72.